The molecule has 5 nitrogen and oxygen atoms in total. The normalized spacial score (nSPS) is 16.9. The minimum Gasteiger partial charge on any atom is -0.451 e. The number of amides is 1. The fourth-order valence-corrected chi connectivity index (χ4v) is 3.93. The molecular weight excluding hydrogens is 352 g/mol. The number of nitrogens with one attached hydrogen (secondary N) is 1. The summed E-state index contributed by atoms with van der Waals surface area (Å²) in [5, 5.41) is 4.54. The maximum absolute atomic E-state index is 12.6. The predicted molar refractivity (Wildman–Crippen MR) is 104 cm³/mol. The van der Waals surface area contributed by atoms with Gasteiger partial charge in [0.25, 0.3) is 5.91 Å². The van der Waals surface area contributed by atoms with Gasteiger partial charge in [-0.05, 0) is 30.2 Å². The molecule has 3 rings (SSSR count). The molecular formula is C20H27ClN2O3. The van der Waals surface area contributed by atoms with Crippen molar-refractivity contribution in [2.24, 2.45) is 5.92 Å². The summed E-state index contributed by atoms with van der Waals surface area (Å²) in [5.41, 5.74) is 0.671. The van der Waals surface area contributed by atoms with E-state index in [2.05, 4.69) is 24.1 Å². The zero-order valence-electron chi connectivity index (χ0n) is 15.5. The molecule has 1 aliphatic heterocycles. The molecule has 0 spiro atoms. The van der Waals surface area contributed by atoms with Crippen molar-refractivity contribution in [3.05, 3.63) is 35.0 Å². The number of halogens is 1. The Hall–Kier alpha value is -1.56. The molecule has 1 fully saturated rings. The molecule has 1 aliphatic rings. The van der Waals surface area contributed by atoms with Crippen molar-refractivity contribution in [3.63, 3.8) is 0 Å². The molecule has 26 heavy (non-hydrogen) atoms. The van der Waals surface area contributed by atoms with Gasteiger partial charge in [-0.1, -0.05) is 38.3 Å². The van der Waals surface area contributed by atoms with Crippen molar-refractivity contribution in [1.82, 2.24) is 10.2 Å². The number of hydrogen-bond donors (Lipinski definition) is 1. The lowest BCUT2D eigenvalue weighted by Crippen LogP contribution is -2.52. The highest BCUT2D eigenvalue weighted by molar-refractivity contribution is 6.31. The number of morpholine rings is 1. The Balaban J connectivity index is 1.69. The average Bonchev–Trinajstić information content (AvgIpc) is 3.09. The maximum atomic E-state index is 12.6. The Morgan fingerprint density at radius 2 is 1.96 bits per heavy atom. The van der Waals surface area contributed by atoms with E-state index in [9.17, 15) is 4.79 Å². The largest absolute Gasteiger partial charge is 0.451 e. The highest BCUT2D eigenvalue weighted by atomic mass is 35.5. The van der Waals surface area contributed by atoms with E-state index in [0.29, 0.717) is 34.9 Å². The van der Waals surface area contributed by atoms with Crippen LogP contribution in [0.15, 0.2) is 28.7 Å². The van der Waals surface area contributed by atoms with Crippen molar-refractivity contribution in [2.75, 3.05) is 32.8 Å². The smallest absolute Gasteiger partial charge is 0.287 e. The third-order valence-corrected chi connectivity index (χ3v) is 5.52. The molecule has 2 aromatic rings. The van der Waals surface area contributed by atoms with Gasteiger partial charge in [-0.15, -0.1) is 0 Å². The van der Waals surface area contributed by atoms with Crippen LogP contribution in [0.2, 0.25) is 5.02 Å². The lowest BCUT2D eigenvalue weighted by molar-refractivity contribution is 0.00185. The van der Waals surface area contributed by atoms with Gasteiger partial charge in [0.2, 0.25) is 0 Å². The van der Waals surface area contributed by atoms with Crippen molar-refractivity contribution in [2.45, 2.75) is 32.7 Å². The number of carbonyl (C=O) groups excluding carboxylic acids is 1. The quantitative estimate of drug-likeness (QED) is 0.792. The summed E-state index contributed by atoms with van der Waals surface area (Å²) in [6, 6.07) is 7.41. The van der Waals surface area contributed by atoms with E-state index >= 15 is 0 Å². The topological polar surface area (TPSA) is 54.7 Å². The highest BCUT2D eigenvalue weighted by Gasteiger charge is 2.27. The summed E-state index contributed by atoms with van der Waals surface area (Å²) in [5.74, 6) is 0.692. The van der Waals surface area contributed by atoms with Gasteiger partial charge in [0, 0.05) is 36.1 Å². The van der Waals surface area contributed by atoms with Gasteiger partial charge < -0.3 is 14.5 Å². The van der Waals surface area contributed by atoms with Crippen LogP contribution in [0.5, 0.6) is 0 Å². The van der Waals surface area contributed by atoms with E-state index in [1.807, 2.05) is 0 Å². The molecule has 0 aliphatic carbocycles. The number of benzene rings is 1. The molecule has 1 unspecified atom stereocenters. The van der Waals surface area contributed by atoms with Gasteiger partial charge >= 0.3 is 0 Å². The summed E-state index contributed by atoms with van der Waals surface area (Å²) in [7, 11) is 0. The first-order chi connectivity index (χ1) is 12.6. The second-order valence-electron chi connectivity index (χ2n) is 6.80. The van der Waals surface area contributed by atoms with Gasteiger partial charge in [-0.2, -0.15) is 0 Å². The first-order valence-electron chi connectivity index (χ1n) is 9.41. The van der Waals surface area contributed by atoms with Crippen LogP contribution in [0.25, 0.3) is 11.0 Å². The Morgan fingerprint density at radius 1 is 1.23 bits per heavy atom. The highest BCUT2D eigenvalue weighted by Crippen LogP contribution is 2.23. The number of fused-ring (bicyclic) bond motifs is 1. The van der Waals surface area contributed by atoms with Gasteiger partial charge in [0.1, 0.15) is 5.58 Å². The first kappa shape index (κ1) is 19.2. The van der Waals surface area contributed by atoms with Gasteiger partial charge in [-0.3, -0.25) is 9.69 Å². The third-order valence-electron chi connectivity index (χ3n) is 5.28. The molecule has 0 bridgehead atoms. The van der Waals surface area contributed by atoms with Crippen LogP contribution in [0.4, 0.5) is 0 Å². The molecule has 1 aromatic carbocycles. The number of rotatable bonds is 7. The number of hydrogen-bond acceptors (Lipinski definition) is 4. The van der Waals surface area contributed by atoms with E-state index in [1.54, 1.807) is 24.3 Å². The summed E-state index contributed by atoms with van der Waals surface area (Å²) < 4.78 is 11.2. The molecule has 0 radical (unpaired) electrons. The number of carbonyl (C=O) groups is 1. The molecule has 142 valence electrons. The van der Waals surface area contributed by atoms with E-state index < -0.39 is 0 Å². The Morgan fingerprint density at radius 3 is 2.65 bits per heavy atom. The van der Waals surface area contributed by atoms with E-state index in [-0.39, 0.29) is 5.91 Å². The fraction of sp³-hybridized carbons (Fsp3) is 0.550. The lowest BCUT2D eigenvalue weighted by Gasteiger charge is -2.38. The van der Waals surface area contributed by atoms with Crippen molar-refractivity contribution in [1.29, 1.82) is 0 Å². The van der Waals surface area contributed by atoms with E-state index in [4.69, 9.17) is 20.8 Å². The molecule has 1 amide bonds. The van der Waals surface area contributed by atoms with E-state index in [0.717, 1.165) is 44.5 Å². The Bertz CT molecular complexity index is 736. The molecule has 1 aromatic heterocycles. The summed E-state index contributed by atoms with van der Waals surface area (Å²) in [4.78, 5) is 15.0. The van der Waals surface area contributed by atoms with Crippen LogP contribution >= 0.6 is 11.6 Å². The molecule has 1 atom stereocenters. The summed E-state index contributed by atoms with van der Waals surface area (Å²) >= 11 is 6.01. The lowest BCUT2D eigenvalue weighted by atomic mass is 9.92. The van der Waals surface area contributed by atoms with Crippen LogP contribution in [-0.4, -0.2) is 49.7 Å². The fourth-order valence-electron chi connectivity index (χ4n) is 3.75. The van der Waals surface area contributed by atoms with Crippen LogP contribution in [0, 0.1) is 5.92 Å². The molecule has 1 saturated heterocycles. The van der Waals surface area contributed by atoms with Gasteiger partial charge in [0.15, 0.2) is 5.76 Å². The SMILES string of the molecule is CCC(CC)C(CNC(=O)c1cc2cc(Cl)ccc2o1)N1CCOCC1. The van der Waals surface area contributed by atoms with Crippen molar-refractivity contribution < 1.29 is 13.9 Å². The standard InChI is InChI=1S/C20H27ClN2O3/c1-3-14(4-2)17(23-7-9-25-10-8-23)13-22-20(24)19-12-15-11-16(21)5-6-18(15)26-19/h5-6,11-12,14,17H,3-4,7-10,13H2,1-2H3,(H,22,24). The third kappa shape index (κ3) is 4.40. The van der Waals surface area contributed by atoms with Crippen LogP contribution in [0.3, 0.4) is 0 Å². The van der Waals surface area contributed by atoms with Crippen molar-refractivity contribution >= 4 is 28.5 Å². The summed E-state index contributed by atoms with van der Waals surface area (Å²) in [6.45, 7) is 8.39. The average molecular weight is 379 g/mol. The van der Waals surface area contributed by atoms with Crippen LogP contribution in [-0.2, 0) is 4.74 Å². The monoisotopic (exact) mass is 378 g/mol. The molecule has 0 saturated carbocycles. The second kappa shape index (κ2) is 8.89. The molecule has 1 N–H and O–H groups in total. The van der Waals surface area contributed by atoms with Gasteiger partial charge in [-0.25, -0.2) is 0 Å². The Labute approximate surface area is 159 Å². The minimum atomic E-state index is -0.179. The zero-order valence-corrected chi connectivity index (χ0v) is 16.2. The van der Waals surface area contributed by atoms with Crippen LogP contribution in [0.1, 0.15) is 37.2 Å². The number of nitrogens with zero attached hydrogens (tertiary/aromatic N) is 1. The molecule has 6 heteroatoms. The predicted octanol–water partition coefficient (Wildman–Crippen LogP) is 3.95. The van der Waals surface area contributed by atoms with Crippen molar-refractivity contribution in [3.8, 4) is 0 Å². The molecule has 2 heterocycles. The summed E-state index contributed by atoms with van der Waals surface area (Å²) in [6.07, 6.45) is 2.19. The van der Waals surface area contributed by atoms with Gasteiger partial charge in [0.05, 0.1) is 13.2 Å². The number of furan rings is 1. The minimum absolute atomic E-state index is 0.179. The van der Waals surface area contributed by atoms with Crippen LogP contribution < -0.4 is 5.32 Å². The second-order valence-corrected chi connectivity index (χ2v) is 7.23. The Kier molecular flexibility index (Phi) is 6.57. The first-order valence-corrected chi connectivity index (χ1v) is 9.79. The van der Waals surface area contributed by atoms with E-state index in [1.165, 1.54) is 0 Å². The zero-order chi connectivity index (χ0) is 18.5. The number of ether oxygens (including phenoxy) is 1. The maximum Gasteiger partial charge on any atom is 0.287 e.